The molecule has 26 heavy (non-hydrogen) atoms. The molecule has 0 unspecified atom stereocenters. The first-order chi connectivity index (χ1) is 12.6. The number of aromatic nitrogens is 3. The predicted molar refractivity (Wildman–Crippen MR) is 96.7 cm³/mol. The Morgan fingerprint density at radius 2 is 2.04 bits per heavy atom. The highest BCUT2D eigenvalue weighted by atomic mass is 16.5. The molecular formula is C18H20N4O4. The van der Waals surface area contributed by atoms with Crippen molar-refractivity contribution in [2.24, 2.45) is 5.92 Å². The van der Waals surface area contributed by atoms with Gasteiger partial charge in [-0.15, -0.1) is 0 Å². The molecule has 0 radical (unpaired) electrons. The highest BCUT2D eigenvalue weighted by molar-refractivity contribution is 6.05. The minimum absolute atomic E-state index is 0.0451. The summed E-state index contributed by atoms with van der Waals surface area (Å²) in [5.74, 6) is 1.53. The fraction of sp³-hybridized carbons (Fsp3) is 0.389. The molecule has 1 amide bonds. The monoisotopic (exact) mass is 356 g/mol. The maximum atomic E-state index is 12.7. The van der Waals surface area contributed by atoms with Crippen LogP contribution in [-0.2, 0) is 11.3 Å². The van der Waals surface area contributed by atoms with Gasteiger partial charge in [-0.2, -0.15) is 0 Å². The summed E-state index contributed by atoms with van der Waals surface area (Å²) in [6.45, 7) is 0.631. The zero-order chi connectivity index (χ0) is 18.3. The molecule has 0 saturated heterocycles. The van der Waals surface area contributed by atoms with Gasteiger partial charge in [0.2, 0.25) is 5.91 Å². The molecule has 0 bridgehead atoms. The van der Waals surface area contributed by atoms with Gasteiger partial charge in [0, 0.05) is 18.0 Å². The standard InChI is InChI=1S/C18H20N4O4/c1-25-13-5-11-12(6-14(13)26-2)21-17-16(11)20-9-22(18(17)24)8-15(23)19-7-10-3-4-10/h5-6,9-10,21H,3-4,7-8H2,1-2H3,(H,19,23). The number of hydrogen-bond donors (Lipinski definition) is 2. The molecule has 1 saturated carbocycles. The summed E-state index contributed by atoms with van der Waals surface area (Å²) < 4.78 is 11.9. The van der Waals surface area contributed by atoms with Crippen LogP contribution in [0.25, 0.3) is 21.9 Å². The average molecular weight is 356 g/mol. The van der Waals surface area contributed by atoms with Gasteiger partial charge in [-0.05, 0) is 24.8 Å². The number of carbonyl (C=O) groups excluding carboxylic acids is 1. The van der Waals surface area contributed by atoms with Gasteiger partial charge >= 0.3 is 0 Å². The zero-order valence-electron chi connectivity index (χ0n) is 14.7. The smallest absolute Gasteiger partial charge is 0.278 e. The Labute approximate surface area is 149 Å². The van der Waals surface area contributed by atoms with Crippen LogP contribution in [0, 0.1) is 5.92 Å². The second-order valence-corrected chi connectivity index (χ2v) is 6.53. The Morgan fingerprint density at radius 1 is 1.31 bits per heavy atom. The molecular weight excluding hydrogens is 336 g/mol. The van der Waals surface area contributed by atoms with Crippen molar-refractivity contribution in [2.75, 3.05) is 20.8 Å². The molecule has 0 atom stereocenters. The Bertz CT molecular complexity index is 1050. The highest BCUT2D eigenvalue weighted by Gasteiger charge is 2.22. The number of hydrogen-bond acceptors (Lipinski definition) is 5. The summed E-state index contributed by atoms with van der Waals surface area (Å²) in [6, 6.07) is 3.55. The Balaban J connectivity index is 1.71. The van der Waals surface area contributed by atoms with Crippen LogP contribution in [0.15, 0.2) is 23.3 Å². The van der Waals surface area contributed by atoms with E-state index in [0.717, 1.165) is 23.7 Å². The van der Waals surface area contributed by atoms with Crippen LogP contribution >= 0.6 is 0 Å². The zero-order valence-corrected chi connectivity index (χ0v) is 14.7. The van der Waals surface area contributed by atoms with E-state index in [1.165, 1.54) is 10.9 Å². The van der Waals surface area contributed by atoms with Crippen molar-refractivity contribution in [3.05, 3.63) is 28.8 Å². The fourth-order valence-corrected chi connectivity index (χ4v) is 3.02. The van der Waals surface area contributed by atoms with Crippen LogP contribution in [0.1, 0.15) is 12.8 Å². The van der Waals surface area contributed by atoms with Crippen LogP contribution < -0.4 is 20.3 Å². The Hall–Kier alpha value is -3.03. The van der Waals surface area contributed by atoms with E-state index in [0.29, 0.717) is 35.0 Å². The van der Waals surface area contributed by atoms with Crippen molar-refractivity contribution >= 4 is 27.8 Å². The maximum absolute atomic E-state index is 12.7. The van der Waals surface area contributed by atoms with Crippen LogP contribution in [0.5, 0.6) is 11.5 Å². The quantitative estimate of drug-likeness (QED) is 0.696. The summed E-state index contributed by atoms with van der Waals surface area (Å²) in [5, 5.41) is 3.62. The minimum atomic E-state index is -0.286. The van der Waals surface area contributed by atoms with Crippen LogP contribution in [0.3, 0.4) is 0 Å². The first kappa shape index (κ1) is 16.4. The third kappa shape index (κ3) is 2.87. The molecule has 8 nitrogen and oxygen atoms in total. The lowest BCUT2D eigenvalue weighted by molar-refractivity contribution is -0.121. The average Bonchev–Trinajstić information content (AvgIpc) is 3.41. The summed E-state index contributed by atoms with van der Waals surface area (Å²) in [7, 11) is 3.11. The van der Waals surface area contributed by atoms with Gasteiger partial charge in [0.25, 0.3) is 5.56 Å². The van der Waals surface area contributed by atoms with Crippen molar-refractivity contribution in [1.29, 1.82) is 0 Å². The molecule has 1 aromatic carbocycles. The SMILES string of the molecule is COc1cc2[nH]c3c(=O)n(CC(=O)NCC4CC4)cnc3c2cc1OC. The normalized spacial score (nSPS) is 13.9. The van der Waals surface area contributed by atoms with Gasteiger partial charge in [0.15, 0.2) is 11.5 Å². The summed E-state index contributed by atoms with van der Waals surface area (Å²) >= 11 is 0. The highest BCUT2D eigenvalue weighted by Crippen LogP contribution is 2.34. The molecule has 1 aliphatic carbocycles. The van der Waals surface area contributed by atoms with E-state index in [4.69, 9.17) is 9.47 Å². The lowest BCUT2D eigenvalue weighted by atomic mass is 10.2. The molecule has 2 N–H and O–H groups in total. The third-order valence-corrected chi connectivity index (χ3v) is 4.68. The predicted octanol–water partition coefficient (Wildman–Crippen LogP) is 1.42. The van der Waals surface area contributed by atoms with E-state index in [9.17, 15) is 9.59 Å². The van der Waals surface area contributed by atoms with E-state index in [-0.39, 0.29) is 18.0 Å². The summed E-state index contributed by atoms with van der Waals surface area (Å²) in [6.07, 6.45) is 3.73. The molecule has 1 fully saturated rings. The number of carbonyl (C=O) groups is 1. The Kier molecular flexibility index (Phi) is 4.02. The number of ether oxygens (including phenoxy) is 2. The van der Waals surface area contributed by atoms with Gasteiger partial charge < -0.3 is 19.8 Å². The second kappa shape index (κ2) is 6.36. The maximum Gasteiger partial charge on any atom is 0.278 e. The van der Waals surface area contributed by atoms with Crippen molar-refractivity contribution < 1.29 is 14.3 Å². The second-order valence-electron chi connectivity index (χ2n) is 6.53. The van der Waals surface area contributed by atoms with E-state index in [1.807, 2.05) is 0 Å². The molecule has 0 aliphatic heterocycles. The van der Waals surface area contributed by atoms with Crippen molar-refractivity contribution in [3.63, 3.8) is 0 Å². The van der Waals surface area contributed by atoms with E-state index < -0.39 is 0 Å². The van der Waals surface area contributed by atoms with Gasteiger partial charge in [-0.25, -0.2) is 4.98 Å². The van der Waals surface area contributed by atoms with Crippen molar-refractivity contribution in [3.8, 4) is 11.5 Å². The molecule has 4 rings (SSSR count). The van der Waals surface area contributed by atoms with E-state index in [2.05, 4.69) is 15.3 Å². The summed E-state index contributed by atoms with van der Waals surface area (Å²) in [4.78, 5) is 32.2. The molecule has 8 heteroatoms. The largest absolute Gasteiger partial charge is 0.493 e. The number of H-pyrrole nitrogens is 1. The van der Waals surface area contributed by atoms with E-state index >= 15 is 0 Å². The number of rotatable bonds is 6. The first-order valence-corrected chi connectivity index (χ1v) is 8.50. The topological polar surface area (TPSA) is 98.2 Å². The number of nitrogens with one attached hydrogen (secondary N) is 2. The molecule has 136 valence electrons. The van der Waals surface area contributed by atoms with E-state index in [1.54, 1.807) is 26.4 Å². The number of benzene rings is 1. The number of nitrogens with zero attached hydrogens (tertiary/aromatic N) is 2. The van der Waals surface area contributed by atoms with Gasteiger partial charge in [-0.1, -0.05) is 0 Å². The summed E-state index contributed by atoms with van der Waals surface area (Å²) in [5.41, 5.74) is 1.33. The third-order valence-electron chi connectivity index (χ3n) is 4.68. The number of aromatic amines is 1. The molecule has 0 spiro atoms. The minimum Gasteiger partial charge on any atom is -0.493 e. The van der Waals surface area contributed by atoms with Crippen molar-refractivity contribution in [1.82, 2.24) is 19.9 Å². The lowest BCUT2D eigenvalue weighted by Gasteiger charge is -2.07. The first-order valence-electron chi connectivity index (χ1n) is 8.50. The fourth-order valence-electron chi connectivity index (χ4n) is 3.02. The Morgan fingerprint density at radius 3 is 2.73 bits per heavy atom. The van der Waals surface area contributed by atoms with Crippen LogP contribution in [-0.4, -0.2) is 41.2 Å². The number of amides is 1. The van der Waals surface area contributed by atoms with Crippen molar-refractivity contribution in [2.45, 2.75) is 19.4 Å². The van der Waals surface area contributed by atoms with Gasteiger partial charge in [-0.3, -0.25) is 14.2 Å². The van der Waals surface area contributed by atoms with Gasteiger partial charge in [0.1, 0.15) is 17.6 Å². The number of fused-ring (bicyclic) bond motifs is 3. The molecule has 2 aromatic heterocycles. The van der Waals surface area contributed by atoms with Crippen LogP contribution in [0.2, 0.25) is 0 Å². The van der Waals surface area contributed by atoms with Gasteiger partial charge in [0.05, 0.1) is 26.1 Å². The molecule has 2 heterocycles. The van der Waals surface area contributed by atoms with Crippen LogP contribution in [0.4, 0.5) is 0 Å². The number of methoxy groups -OCH3 is 2. The molecule has 3 aromatic rings. The molecule has 1 aliphatic rings. The lowest BCUT2D eigenvalue weighted by Crippen LogP contribution is -2.33.